The Kier molecular flexibility index (Phi) is 6.51. The monoisotopic (exact) mass is 402 g/mol. The third-order valence-corrected chi connectivity index (χ3v) is 5.28. The van der Waals surface area contributed by atoms with Gasteiger partial charge in [0.2, 0.25) is 0 Å². The number of nitrogens with zero attached hydrogens (tertiary/aromatic N) is 1. The minimum absolute atomic E-state index is 0.208. The molecule has 134 valence electrons. The molecule has 1 fully saturated rings. The first-order valence-corrected chi connectivity index (χ1v) is 9.92. The van der Waals surface area contributed by atoms with Crippen LogP contribution in [0.4, 0.5) is 0 Å². The van der Waals surface area contributed by atoms with Gasteiger partial charge in [0, 0.05) is 29.7 Å². The Morgan fingerprint density at radius 2 is 1.96 bits per heavy atom. The molecule has 0 saturated carbocycles. The minimum Gasteiger partial charge on any atom is -0.494 e. The maximum Gasteiger partial charge on any atom is 0.124 e. The zero-order chi connectivity index (χ0) is 17.6. The number of nitrogens with one attached hydrogen (secondary N) is 1. The summed E-state index contributed by atoms with van der Waals surface area (Å²) in [6.45, 7) is 9.17. The summed E-state index contributed by atoms with van der Waals surface area (Å²) in [5.41, 5.74) is 3.93. The molecule has 0 bridgehead atoms. The Bertz CT molecular complexity index is 696. The predicted molar refractivity (Wildman–Crippen MR) is 107 cm³/mol. The zero-order valence-corrected chi connectivity index (χ0v) is 16.7. The summed E-state index contributed by atoms with van der Waals surface area (Å²) in [7, 11) is 0. The van der Waals surface area contributed by atoms with E-state index in [2.05, 4.69) is 75.5 Å². The van der Waals surface area contributed by atoms with Crippen LogP contribution in [0.3, 0.4) is 0 Å². The summed E-state index contributed by atoms with van der Waals surface area (Å²) in [5, 5.41) is 3.52. The molecule has 25 heavy (non-hydrogen) atoms. The zero-order valence-electron chi connectivity index (χ0n) is 15.1. The van der Waals surface area contributed by atoms with E-state index in [9.17, 15) is 0 Å². The Hall–Kier alpha value is -1.36. The van der Waals surface area contributed by atoms with Crippen molar-refractivity contribution >= 4 is 15.9 Å². The lowest BCUT2D eigenvalue weighted by Gasteiger charge is -2.33. The van der Waals surface area contributed by atoms with Gasteiger partial charge < -0.3 is 10.1 Å². The van der Waals surface area contributed by atoms with Gasteiger partial charge in [0.15, 0.2) is 0 Å². The molecule has 1 aliphatic rings. The molecular weight excluding hydrogens is 376 g/mol. The van der Waals surface area contributed by atoms with Gasteiger partial charge in [-0.1, -0.05) is 40.2 Å². The number of ether oxygens (including phenoxy) is 1. The van der Waals surface area contributed by atoms with E-state index in [1.54, 1.807) is 0 Å². The van der Waals surface area contributed by atoms with E-state index in [4.69, 9.17) is 4.74 Å². The highest BCUT2D eigenvalue weighted by Gasteiger charge is 2.27. The maximum absolute atomic E-state index is 5.99. The van der Waals surface area contributed by atoms with Crippen molar-refractivity contribution in [2.24, 2.45) is 0 Å². The van der Waals surface area contributed by atoms with Gasteiger partial charge in [-0.15, -0.1) is 0 Å². The number of rotatable bonds is 5. The van der Waals surface area contributed by atoms with E-state index in [0.717, 1.165) is 36.4 Å². The standard InChI is InChI=1S/C21H27BrN2O/c1-3-25-20-10-9-17(22)15-19(20)21(18-8-5-4-7-16(18)2)24-13-6-11-23-12-14-24/h4-5,7-10,15,21,23H,3,6,11-14H2,1-2H3. The second-order valence-electron chi connectivity index (χ2n) is 6.51. The molecule has 4 heteroatoms. The molecule has 1 heterocycles. The van der Waals surface area contributed by atoms with Crippen molar-refractivity contribution in [2.45, 2.75) is 26.3 Å². The summed E-state index contributed by atoms with van der Waals surface area (Å²) in [6, 6.07) is 15.3. The first-order valence-electron chi connectivity index (χ1n) is 9.13. The number of aryl methyl sites for hydroxylation is 1. The van der Waals surface area contributed by atoms with Gasteiger partial charge in [0.1, 0.15) is 5.75 Å². The van der Waals surface area contributed by atoms with E-state index < -0.39 is 0 Å². The molecule has 3 nitrogen and oxygen atoms in total. The Morgan fingerprint density at radius 3 is 2.76 bits per heavy atom. The summed E-state index contributed by atoms with van der Waals surface area (Å²) in [4.78, 5) is 2.59. The molecule has 0 radical (unpaired) electrons. The summed E-state index contributed by atoms with van der Waals surface area (Å²) in [5.74, 6) is 0.983. The molecule has 2 aromatic carbocycles. The lowest BCUT2D eigenvalue weighted by molar-refractivity contribution is 0.232. The molecule has 0 aliphatic carbocycles. The minimum atomic E-state index is 0.208. The molecule has 0 spiro atoms. The van der Waals surface area contributed by atoms with Crippen LogP contribution in [-0.4, -0.2) is 37.7 Å². The molecule has 1 aliphatic heterocycles. The van der Waals surface area contributed by atoms with E-state index in [-0.39, 0.29) is 6.04 Å². The van der Waals surface area contributed by atoms with Gasteiger partial charge in [-0.25, -0.2) is 0 Å². The highest BCUT2D eigenvalue weighted by atomic mass is 79.9. The molecule has 0 amide bonds. The van der Waals surface area contributed by atoms with Crippen molar-refractivity contribution in [3.63, 3.8) is 0 Å². The van der Waals surface area contributed by atoms with Gasteiger partial charge >= 0.3 is 0 Å². The predicted octanol–water partition coefficient (Wildman–Crippen LogP) is 4.54. The van der Waals surface area contributed by atoms with Gasteiger partial charge in [0.25, 0.3) is 0 Å². The van der Waals surface area contributed by atoms with Crippen LogP contribution in [-0.2, 0) is 0 Å². The fourth-order valence-corrected chi connectivity index (χ4v) is 3.98. The van der Waals surface area contributed by atoms with E-state index in [1.807, 2.05) is 6.92 Å². The number of hydrogen-bond acceptors (Lipinski definition) is 3. The van der Waals surface area contributed by atoms with Crippen molar-refractivity contribution in [1.29, 1.82) is 0 Å². The Morgan fingerprint density at radius 1 is 1.12 bits per heavy atom. The molecular formula is C21H27BrN2O. The van der Waals surface area contributed by atoms with Crippen molar-refractivity contribution in [3.05, 3.63) is 63.6 Å². The first kappa shape index (κ1) is 18.4. The molecule has 0 aromatic heterocycles. The van der Waals surface area contributed by atoms with Gasteiger partial charge in [-0.3, -0.25) is 4.90 Å². The second kappa shape index (κ2) is 8.84. The largest absolute Gasteiger partial charge is 0.494 e. The quantitative estimate of drug-likeness (QED) is 0.793. The van der Waals surface area contributed by atoms with E-state index >= 15 is 0 Å². The van der Waals surface area contributed by atoms with E-state index in [0.29, 0.717) is 6.61 Å². The Balaban J connectivity index is 2.11. The lowest BCUT2D eigenvalue weighted by Crippen LogP contribution is -2.33. The van der Waals surface area contributed by atoms with Crippen LogP contribution in [0, 0.1) is 6.92 Å². The summed E-state index contributed by atoms with van der Waals surface area (Å²) < 4.78 is 7.09. The molecule has 1 N–H and O–H groups in total. The molecule has 3 rings (SSSR count). The SMILES string of the molecule is CCOc1ccc(Br)cc1C(c1ccccc1C)N1CCCNCC1. The molecule has 1 atom stereocenters. The van der Waals surface area contributed by atoms with Gasteiger partial charge in [-0.2, -0.15) is 0 Å². The van der Waals surface area contributed by atoms with Crippen molar-refractivity contribution in [2.75, 3.05) is 32.8 Å². The summed E-state index contributed by atoms with van der Waals surface area (Å²) >= 11 is 3.66. The average molecular weight is 403 g/mol. The third kappa shape index (κ3) is 4.43. The number of halogens is 1. The van der Waals surface area contributed by atoms with Crippen LogP contribution in [0.1, 0.15) is 36.1 Å². The second-order valence-corrected chi connectivity index (χ2v) is 7.43. The van der Waals surface area contributed by atoms with Crippen molar-refractivity contribution < 1.29 is 4.74 Å². The highest BCUT2D eigenvalue weighted by Crippen LogP contribution is 2.38. The topological polar surface area (TPSA) is 24.5 Å². The Labute approximate surface area is 159 Å². The lowest BCUT2D eigenvalue weighted by atomic mass is 9.92. The number of hydrogen-bond donors (Lipinski definition) is 1. The van der Waals surface area contributed by atoms with Crippen LogP contribution in [0.15, 0.2) is 46.9 Å². The van der Waals surface area contributed by atoms with Crippen LogP contribution in [0.25, 0.3) is 0 Å². The molecule has 2 aromatic rings. The van der Waals surface area contributed by atoms with Crippen molar-refractivity contribution in [1.82, 2.24) is 10.2 Å². The molecule has 1 unspecified atom stereocenters. The highest BCUT2D eigenvalue weighted by molar-refractivity contribution is 9.10. The third-order valence-electron chi connectivity index (χ3n) is 4.79. The fourth-order valence-electron chi connectivity index (χ4n) is 3.60. The fraction of sp³-hybridized carbons (Fsp3) is 0.429. The average Bonchev–Trinajstić information content (AvgIpc) is 2.89. The maximum atomic E-state index is 5.99. The van der Waals surface area contributed by atoms with Crippen molar-refractivity contribution in [3.8, 4) is 5.75 Å². The first-order chi connectivity index (χ1) is 12.2. The number of benzene rings is 2. The molecule has 1 saturated heterocycles. The van der Waals surface area contributed by atoms with E-state index in [1.165, 1.54) is 23.1 Å². The van der Waals surface area contributed by atoms with Crippen LogP contribution < -0.4 is 10.1 Å². The normalized spacial score (nSPS) is 17.1. The summed E-state index contributed by atoms with van der Waals surface area (Å²) in [6.07, 6.45) is 1.17. The van der Waals surface area contributed by atoms with Gasteiger partial charge in [-0.05, 0) is 56.1 Å². The van der Waals surface area contributed by atoms with Gasteiger partial charge in [0.05, 0.1) is 12.6 Å². The van der Waals surface area contributed by atoms with Crippen LogP contribution in [0.5, 0.6) is 5.75 Å². The van der Waals surface area contributed by atoms with Crippen LogP contribution in [0.2, 0.25) is 0 Å². The van der Waals surface area contributed by atoms with Crippen LogP contribution >= 0.6 is 15.9 Å². The smallest absolute Gasteiger partial charge is 0.124 e.